The highest BCUT2D eigenvalue weighted by molar-refractivity contribution is 5.82. The van der Waals surface area contributed by atoms with Crippen molar-refractivity contribution in [3.05, 3.63) is 0 Å². The molecule has 0 saturated carbocycles. The maximum atomic E-state index is 12.6. The van der Waals surface area contributed by atoms with Crippen LogP contribution in [0.1, 0.15) is 27.7 Å². The number of halogens is 3. The zero-order valence-corrected chi connectivity index (χ0v) is 14.3. The van der Waals surface area contributed by atoms with Gasteiger partial charge in [-0.1, -0.05) is 0 Å². The molecule has 1 aliphatic heterocycles. The molecule has 9 nitrogen and oxygen atoms in total. The van der Waals surface area contributed by atoms with E-state index in [1.54, 1.807) is 5.32 Å². The molecule has 0 spiro atoms. The molecule has 26 heavy (non-hydrogen) atoms. The first-order valence-electron chi connectivity index (χ1n) is 7.37. The zero-order chi connectivity index (χ0) is 20.2. The van der Waals surface area contributed by atoms with Gasteiger partial charge >= 0.3 is 30.0 Å². The predicted molar refractivity (Wildman–Crippen MR) is 75.2 cm³/mol. The van der Waals surface area contributed by atoms with Gasteiger partial charge in [-0.05, 0) is 6.92 Å². The maximum absolute atomic E-state index is 12.6. The van der Waals surface area contributed by atoms with Crippen LogP contribution in [-0.2, 0) is 38.1 Å². The largest absolute Gasteiger partial charge is 0.471 e. The molecule has 1 rings (SSSR count). The summed E-state index contributed by atoms with van der Waals surface area (Å²) in [6, 6.07) is -1.68. The van der Waals surface area contributed by atoms with Gasteiger partial charge in [0, 0.05) is 20.8 Å². The smallest absolute Gasteiger partial charge is 0.457 e. The Bertz CT molecular complexity index is 579. The Morgan fingerprint density at radius 2 is 1.35 bits per heavy atom. The third kappa shape index (κ3) is 5.86. The minimum Gasteiger partial charge on any atom is -0.457 e. The molecule has 0 aromatic rings. The fourth-order valence-electron chi connectivity index (χ4n) is 2.35. The maximum Gasteiger partial charge on any atom is 0.471 e. The average Bonchev–Trinajstić information content (AvgIpc) is 2.44. The fraction of sp³-hybridized carbons (Fsp3) is 0.714. The van der Waals surface area contributed by atoms with Gasteiger partial charge in [-0.25, -0.2) is 0 Å². The molecule has 1 saturated heterocycles. The molecular weight excluding hydrogens is 367 g/mol. The van der Waals surface area contributed by atoms with Crippen LogP contribution >= 0.6 is 0 Å². The normalized spacial score (nSPS) is 28.7. The Morgan fingerprint density at radius 1 is 0.885 bits per heavy atom. The highest BCUT2D eigenvalue weighted by Gasteiger charge is 2.52. The van der Waals surface area contributed by atoms with E-state index < -0.39 is 60.6 Å². The number of alkyl halides is 3. The van der Waals surface area contributed by atoms with Crippen molar-refractivity contribution in [2.24, 2.45) is 0 Å². The van der Waals surface area contributed by atoms with Crippen LogP contribution in [0.2, 0.25) is 0 Å². The Morgan fingerprint density at radius 3 is 1.77 bits per heavy atom. The molecule has 1 amide bonds. The standard InChI is InChI=1S/C14H18F3NO8/c1-5-10(24-6(2)19)9(18-13(22)14(15,16)17)11(25-7(3)20)12(23-5)26-8(4)21/h5,9-12H,1-4H3,(H,18,22)/t5-,9+,10+,11+,12-/m0/s1. The van der Waals surface area contributed by atoms with Gasteiger partial charge in [0.1, 0.15) is 6.04 Å². The Balaban J connectivity index is 3.26. The lowest BCUT2D eigenvalue weighted by atomic mass is 9.96. The van der Waals surface area contributed by atoms with Crippen molar-refractivity contribution in [2.45, 2.75) is 64.5 Å². The van der Waals surface area contributed by atoms with Crippen LogP contribution in [0.3, 0.4) is 0 Å². The van der Waals surface area contributed by atoms with Crippen molar-refractivity contribution < 1.29 is 51.3 Å². The highest BCUT2D eigenvalue weighted by atomic mass is 19.4. The van der Waals surface area contributed by atoms with Gasteiger partial charge in [-0.15, -0.1) is 0 Å². The molecule has 0 radical (unpaired) electrons. The SMILES string of the molecule is CC(=O)O[C@@H]1O[C@@H](C)[C@@H](OC(C)=O)[C@@H](NC(=O)C(F)(F)F)[C@H]1OC(C)=O. The predicted octanol–water partition coefficient (Wildman–Crippen LogP) is 0.205. The lowest BCUT2D eigenvalue weighted by Crippen LogP contribution is -2.66. The minimum atomic E-state index is -5.25. The number of amides is 1. The summed E-state index contributed by atoms with van der Waals surface area (Å²) in [6.45, 7) is 4.27. The molecule has 0 aromatic carbocycles. The van der Waals surface area contributed by atoms with Crippen LogP contribution in [0.4, 0.5) is 13.2 Å². The van der Waals surface area contributed by atoms with Crippen molar-refractivity contribution in [3.8, 4) is 0 Å². The monoisotopic (exact) mass is 385 g/mol. The lowest BCUT2D eigenvalue weighted by molar-refractivity contribution is -0.270. The molecule has 148 valence electrons. The van der Waals surface area contributed by atoms with Crippen LogP contribution in [0.5, 0.6) is 0 Å². The number of nitrogens with one attached hydrogen (secondary N) is 1. The number of esters is 3. The second-order valence-corrected chi connectivity index (χ2v) is 5.46. The number of ether oxygens (including phenoxy) is 4. The molecule has 1 fully saturated rings. The van der Waals surface area contributed by atoms with E-state index in [4.69, 9.17) is 18.9 Å². The van der Waals surface area contributed by atoms with E-state index in [1.165, 1.54) is 6.92 Å². The van der Waals surface area contributed by atoms with E-state index in [1.807, 2.05) is 0 Å². The molecule has 1 N–H and O–H groups in total. The second-order valence-electron chi connectivity index (χ2n) is 5.46. The van der Waals surface area contributed by atoms with Crippen LogP contribution < -0.4 is 5.32 Å². The summed E-state index contributed by atoms with van der Waals surface area (Å²) in [5.41, 5.74) is 0. The van der Waals surface area contributed by atoms with Gasteiger partial charge in [-0.3, -0.25) is 19.2 Å². The molecule has 0 unspecified atom stereocenters. The number of carbonyl (C=O) groups is 4. The Kier molecular flexibility index (Phi) is 6.95. The topological polar surface area (TPSA) is 117 Å². The van der Waals surface area contributed by atoms with Gasteiger partial charge in [0.05, 0.1) is 6.10 Å². The van der Waals surface area contributed by atoms with E-state index in [0.29, 0.717) is 0 Å². The highest BCUT2D eigenvalue weighted by Crippen LogP contribution is 2.28. The summed E-state index contributed by atoms with van der Waals surface area (Å²) in [7, 11) is 0. The number of hydrogen-bond acceptors (Lipinski definition) is 8. The van der Waals surface area contributed by atoms with Crippen molar-refractivity contribution in [2.75, 3.05) is 0 Å². The summed E-state index contributed by atoms with van der Waals surface area (Å²) in [5.74, 6) is -5.04. The summed E-state index contributed by atoms with van der Waals surface area (Å²) >= 11 is 0. The Labute approximate surface area is 146 Å². The summed E-state index contributed by atoms with van der Waals surface area (Å²) in [5, 5.41) is 1.61. The fourth-order valence-corrected chi connectivity index (χ4v) is 2.35. The number of hydrogen-bond donors (Lipinski definition) is 1. The van der Waals surface area contributed by atoms with Crippen molar-refractivity contribution >= 4 is 23.8 Å². The summed E-state index contributed by atoms with van der Waals surface area (Å²) in [6.07, 6.45) is -11.1. The first kappa shape index (κ1) is 21.7. The number of rotatable bonds is 4. The van der Waals surface area contributed by atoms with E-state index in [9.17, 15) is 32.3 Å². The van der Waals surface area contributed by atoms with Crippen molar-refractivity contribution in [1.82, 2.24) is 5.32 Å². The quantitative estimate of drug-likeness (QED) is 0.539. The third-order valence-electron chi connectivity index (χ3n) is 3.23. The van der Waals surface area contributed by atoms with E-state index in [-0.39, 0.29) is 0 Å². The average molecular weight is 385 g/mol. The summed E-state index contributed by atoms with van der Waals surface area (Å²) in [4.78, 5) is 45.2. The van der Waals surface area contributed by atoms with Crippen LogP contribution in [0.25, 0.3) is 0 Å². The van der Waals surface area contributed by atoms with Crippen LogP contribution in [0.15, 0.2) is 0 Å². The third-order valence-corrected chi connectivity index (χ3v) is 3.23. The molecule has 12 heteroatoms. The second kappa shape index (κ2) is 8.34. The minimum absolute atomic E-state index is 0.869. The van der Waals surface area contributed by atoms with Crippen molar-refractivity contribution in [1.29, 1.82) is 0 Å². The van der Waals surface area contributed by atoms with Crippen molar-refractivity contribution in [3.63, 3.8) is 0 Å². The van der Waals surface area contributed by atoms with E-state index >= 15 is 0 Å². The van der Waals surface area contributed by atoms with Gasteiger partial charge < -0.3 is 24.3 Å². The van der Waals surface area contributed by atoms with Crippen LogP contribution in [0, 0.1) is 0 Å². The molecule has 1 heterocycles. The first-order chi connectivity index (χ1) is 11.8. The van der Waals surface area contributed by atoms with E-state index in [0.717, 1.165) is 20.8 Å². The zero-order valence-electron chi connectivity index (χ0n) is 14.3. The Hall–Kier alpha value is -2.37. The van der Waals surface area contributed by atoms with Gasteiger partial charge in [0.25, 0.3) is 0 Å². The number of carbonyl (C=O) groups excluding carboxylic acids is 4. The summed E-state index contributed by atoms with van der Waals surface area (Å²) < 4.78 is 57.8. The van der Waals surface area contributed by atoms with E-state index in [2.05, 4.69) is 0 Å². The molecular formula is C14H18F3NO8. The first-order valence-corrected chi connectivity index (χ1v) is 7.37. The van der Waals surface area contributed by atoms with Gasteiger partial charge in [-0.2, -0.15) is 13.2 Å². The van der Waals surface area contributed by atoms with Gasteiger partial charge in [0.15, 0.2) is 12.2 Å². The molecule has 1 aliphatic rings. The lowest BCUT2D eigenvalue weighted by Gasteiger charge is -2.43. The molecule has 0 bridgehead atoms. The molecule has 5 atom stereocenters. The molecule has 0 aromatic heterocycles. The molecule has 0 aliphatic carbocycles. The van der Waals surface area contributed by atoms with Gasteiger partial charge in [0.2, 0.25) is 6.29 Å². The van der Waals surface area contributed by atoms with Crippen LogP contribution in [-0.4, -0.2) is 60.6 Å².